The number of hydrogen-bond donors (Lipinski definition) is 4. The van der Waals surface area contributed by atoms with Crippen molar-refractivity contribution in [1.82, 2.24) is 0 Å². The van der Waals surface area contributed by atoms with Gasteiger partial charge in [0.15, 0.2) is 6.29 Å². The molecule has 0 aliphatic rings. The molecule has 0 bridgehead atoms. The molecule has 0 saturated heterocycles. The first-order valence-corrected chi connectivity index (χ1v) is 9.00. The summed E-state index contributed by atoms with van der Waals surface area (Å²) in [5, 5.41) is 33.5. The van der Waals surface area contributed by atoms with Gasteiger partial charge in [0.1, 0.15) is 0 Å². The highest BCUT2D eigenvalue weighted by molar-refractivity contribution is 4.38. The lowest BCUT2D eigenvalue weighted by Crippen LogP contribution is -2.20. The molecule has 0 amide bonds. The van der Waals surface area contributed by atoms with Crippen molar-refractivity contribution in [1.29, 1.82) is 0 Å². The quantitative estimate of drug-likeness (QED) is 0.222. The summed E-state index contributed by atoms with van der Waals surface area (Å²) in [6.07, 6.45) is -1.42. The predicted molar refractivity (Wildman–Crippen MR) is 98.1 cm³/mol. The molecule has 0 aromatic carbocycles. The second kappa shape index (κ2) is 29.4. The van der Waals surface area contributed by atoms with Crippen molar-refractivity contribution in [3.63, 3.8) is 0 Å². The zero-order valence-electron chi connectivity index (χ0n) is 16.8. The fraction of sp³-hybridized carbons (Fsp3) is 1.00. The van der Waals surface area contributed by atoms with E-state index in [-0.39, 0.29) is 19.8 Å². The van der Waals surface area contributed by atoms with Gasteiger partial charge in [-0.05, 0) is 27.7 Å². The molecule has 0 aromatic rings. The van der Waals surface area contributed by atoms with Crippen LogP contribution in [0.1, 0.15) is 27.7 Å². The topological polar surface area (TPSA) is 127 Å². The molecule has 0 radical (unpaired) electrons. The van der Waals surface area contributed by atoms with Crippen LogP contribution in [-0.4, -0.2) is 105 Å². The van der Waals surface area contributed by atoms with E-state index in [9.17, 15) is 0 Å². The van der Waals surface area contributed by atoms with E-state index in [2.05, 4.69) is 0 Å². The zero-order chi connectivity index (χ0) is 20.5. The number of aliphatic hydroxyl groups excluding tert-OH is 4. The van der Waals surface area contributed by atoms with Crippen LogP contribution in [0.15, 0.2) is 0 Å². The van der Waals surface area contributed by atoms with E-state index in [1.807, 2.05) is 13.8 Å². The van der Waals surface area contributed by atoms with Crippen LogP contribution >= 0.6 is 0 Å². The summed E-state index contributed by atoms with van der Waals surface area (Å²) < 4.78 is 24.9. The normalized spacial score (nSPS) is 12.5. The Morgan fingerprint density at radius 3 is 1.50 bits per heavy atom. The van der Waals surface area contributed by atoms with Crippen molar-refractivity contribution >= 4 is 0 Å². The summed E-state index contributed by atoms with van der Waals surface area (Å²) in [5.74, 6) is 0. The third kappa shape index (κ3) is 38.9. The monoisotopic (exact) mass is 388 g/mol. The van der Waals surface area contributed by atoms with Gasteiger partial charge in [-0.1, -0.05) is 0 Å². The lowest BCUT2D eigenvalue weighted by molar-refractivity contribution is -0.138. The summed E-state index contributed by atoms with van der Waals surface area (Å²) >= 11 is 0. The van der Waals surface area contributed by atoms with Crippen molar-refractivity contribution in [3.8, 4) is 0 Å². The molecule has 2 atom stereocenters. The highest BCUT2D eigenvalue weighted by Gasteiger charge is 2.01. The Balaban J connectivity index is -0.000000433. The molecular formula is C17H40O9. The molecule has 0 aromatic heterocycles. The lowest BCUT2D eigenvalue weighted by atomic mass is 10.5. The Morgan fingerprint density at radius 2 is 1.15 bits per heavy atom. The summed E-state index contributed by atoms with van der Waals surface area (Å²) in [7, 11) is 0. The van der Waals surface area contributed by atoms with E-state index in [4.69, 9.17) is 44.1 Å². The van der Waals surface area contributed by atoms with Crippen molar-refractivity contribution in [3.05, 3.63) is 0 Å². The van der Waals surface area contributed by atoms with Gasteiger partial charge >= 0.3 is 0 Å². The van der Waals surface area contributed by atoms with Gasteiger partial charge in [-0.2, -0.15) is 0 Å². The zero-order valence-corrected chi connectivity index (χ0v) is 16.8. The Kier molecular flexibility index (Phi) is 34.3. The van der Waals surface area contributed by atoms with E-state index >= 15 is 0 Å². The Morgan fingerprint density at radius 1 is 0.692 bits per heavy atom. The Hall–Kier alpha value is -0.360. The summed E-state index contributed by atoms with van der Waals surface area (Å²) in [6, 6.07) is 0. The van der Waals surface area contributed by atoms with Gasteiger partial charge in [-0.25, -0.2) is 0 Å². The number of hydrogen-bond acceptors (Lipinski definition) is 9. The highest BCUT2D eigenvalue weighted by Crippen LogP contribution is 1.88. The van der Waals surface area contributed by atoms with Gasteiger partial charge in [-0.3, -0.25) is 0 Å². The van der Waals surface area contributed by atoms with Gasteiger partial charge in [0, 0.05) is 19.8 Å². The van der Waals surface area contributed by atoms with Gasteiger partial charge in [0.05, 0.1) is 59.0 Å². The molecule has 2 unspecified atom stereocenters. The fourth-order valence-corrected chi connectivity index (χ4v) is 1.13. The molecule has 0 saturated carbocycles. The molecule has 0 fully saturated rings. The minimum Gasteiger partial charge on any atom is -0.394 e. The van der Waals surface area contributed by atoms with E-state index < -0.39 is 12.4 Å². The van der Waals surface area contributed by atoms with Gasteiger partial charge in [0.25, 0.3) is 0 Å². The number of aliphatic hydroxyl groups is 4. The molecule has 162 valence electrons. The number of rotatable bonds is 15. The van der Waals surface area contributed by atoms with Crippen LogP contribution in [-0.2, 0) is 23.7 Å². The minimum atomic E-state index is -0.863. The van der Waals surface area contributed by atoms with Crippen LogP contribution in [0.25, 0.3) is 0 Å². The van der Waals surface area contributed by atoms with E-state index in [0.29, 0.717) is 39.6 Å². The molecule has 0 aliphatic carbocycles. The second-order valence-corrected chi connectivity index (χ2v) is 4.75. The first kappa shape index (κ1) is 30.4. The summed E-state index contributed by atoms with van der Waals surface area (Å²) in [5.41, 5.74) is 0. The molecule has 0 heterocycles. The minimum absolute atomic E-state index is 0.0262. The maximum absolute atomic E-state index is 9.12. The molecule has 0 spiro atoms. The summed E-state index contributed by atoms with van der Waals surface area (Å²) in [6.45, 7) is 11.6. The molecule has 4 N–H and O–H groups in total. The Bertz CT molecular complexity index is 216. The fourth-order valence-electron chi connectivity index (χ4n) is 1.13. The largest absolute Gasteiger partial charge is 0.394 e. The SMILES string of the molecule is CC(O)CO.CCOC(O)COCCOCCOCCO.CCOCC. The van der Waals surface area contributed by atoms with E-state index in [1.54, 1.807) is 6.92 Å². The van der Waals surface area contributed by atoms with Crippen molar-refractivity contribution < 1.29 is 44.1 Å². The van der Waals surface area contributed by atoms with Crippen LogP contribution in [0, 0.1) is 0 Å². The van der Waals surface area contributed by atoms with E-state index in [0.717, 1.165) is 13.2 Å². The second-order valence-electron chi connectivity index (χ2n) is 4.75. The molecule has 26 heavy (non-hydrogen) atoms. The highest BCUT2D eigenvalue weighted by atomic mass is 16.6. The van der Waals surface area contributed by atoms with Crippen molar-refractivity contribution in [2.75, 3.05) is 72.7 Å². The van der Waals surface area contributed by atoms with Crippen LogP contribution in [0.2, 0.25) is 0 Å². The average Bonchev–Trinajstić information content (AvgIpc) is 2.62. The van der Waals surface area contributed by atoms with Crippen LogP contribution in [0.3, 0.4) is 0 Å². The molecule has 0 aliphatic heterocycles. The maximum Gasteiger partial charge on any atom is 0.178 e. The van der Waals surface area contributed by atoms with Gasteiger partial charge in [-0.15, -0.1) is 0 Å². The lowest BCUT2D eigenvalue weighted by Gasteiger charge is -2.11. The van der Waals surface area contributed by atoms with E-state index in [1.165, 1.54) is 6.92 Å². The van der Waals surface area contributed by atoms with Crippen LogP contribution in [0.4, 0.5) is 0 Å². The molecular weight excluding hydrogens is 348 g/mol. The average molecular weight is 388 g/mol. The molecule has 9 heteroatoms. The first-order valence-electron chi connectivity index (χ1n) is 9.00. The third-order valence-corrected chi connectivity index (χ3v) is 2.27. The van der Waals surface area contributed by atoms with Gasteiger partial charge in [0.2, 0.25) is 0 Å². The Labute approximate surface area is 157 Å². The predicted octanol–water partition coefficient (Wildman–Crippen LogP) is -0.214. The summed E-state index contributed by atoms with van der Waals surface area (Å²) in [4.78, 5) is 0. The van der Waals surface area contributed by atoms with Crippen molar-refractivity contribution in [2.45, 2.75) is 40.1 Å². The molecule has 9 nitrogen and oxygen atoms in total. The number of ether oxygens (including phenoxy) is 5. The molecule has 0 rings (SSSR count). The first-order chi connectivity index (χ1) is 12.5. The smallest absolute Gasteiger partial charge is 0.178 e. The van der Waals surface area contributed by atoms with Gasteiger partial charge < -0.3 is 44.1 Å². The maximum atomic E-state index is 9.12. The van der Waals surface area contributed by atoms with Crippen LogP contribution in [0.5, 0.6) is 0 Å². The standard InChI is InChI=1S/C10H22O6.C4H10O.C3H8O2/c1-2-16-10(12)9-15-8-7-14-6-5-13-4-3-11;1-3-5-4-2;1-3(5)2-4/h10-12H,2-9H2,1H3;3-4H2,1-2H3;3-5H,2H2,1H3. The van der Waals surface area contributed by atoms with Crippen LogP contribution < -0.4 is 0 Å². The van der Waals surface area contributed by atoms with Crippen molar-refractivity contribution in [2.24, 2.45) is 0 Å². The third-order valence-electron chi connectivity index (χ3n) is 2.27.